The topological polar surface area (TPSA) is 77.4 Å². The van der Waals surface area contributed by atoms with Crippen molar-refractivity contribution < 1.29 is 29.2 Å². The Morgan fingerprint density at radius 1 is 1.04 bits per heavy atom. The van der Waals surface area contributed by atoms with Gasteiger partial charge in [-0.1, -0.05) is 36.4 Å². The highest BCUT2D eigenvalue weighted by molar-refractivity contribution is 5.14. The van der Waals surface area contributed by atoms with Crippen LogP contribution in [-0.2, 0) is 25.6 Å². The van der Waals surface area contributed by atoms with Gasteiger partial charge in [-0.15, -0.1) is 6.58 Å². The first-order valence-corrected chi connectivity index (χ1v) is 8.53. The Morgan fingerprint density at radius 2 is 1.60 bits per heavy atom. The lowest BCUT2D eigenvalue weighted by Crippen LogP contribution is -2.64. The van der Waals surface area contributed by atoms with Gasteiger partial charge in [0.2, 0.25) is 0 Å². The zero-order valence-electron chi connectivity index (χ0n) is 14.6. The monoisotopic (exact) mass is 350 g/mol. The van der Waals surface area contributed by atoms with Crippen LogP contribution in [0.1, 0.15) is 19.4 Å². The minimum Gasteiger partial charge on any atom is -0.387 e. The van der Waals surface area contributed by atoms with Crippen molar-refractivity contribution in [3.8, 4) is 0 Å². The summed E-state index contributed by atoms with van der Waals surface area (Å²) in [4.78, 5) is 0. The maximum Gasteiger partial charge on any atom is 0.164 e. The first-order valence-electron chi connectivity index (χ1n) is 8.53. The molecule has 1 saturated carbocycles. The first kappa shape index (κ1) is 18.5. The van der Waals surface area contributed by atoms with Crippen LogP contribution < -0.4 is 0 Å². The summed E-state index contributed by atoms with van der Waals surface area (Å²) < 4.78 is 23.5. The van der Waals surface area contributed by atoms with Gasteiger partial charge in [0.05, 0.1) is 13.2 Å². The first-order chi connectivity index (χ1) is 11.9. The summed E-state index contributed by atoms with van der Waals surface area (Å²) in [7, 11) is 0. The molecule has 1 aromatic rings. The number of aliphatic hydroxyl groups is 2. The Morgan fingerprint density at radius 3 is 2.16 bits per heavy atom. The molecule has 0 spiro atoms. The van der Waals surface area contributed by atoms with Crippen molar-refractivity contribution in [3.63, 3.8) is 0 Å². The van der Waals surface area contributed by atoms with E-state index in [2.05, 4.69) is 6.58 Å². The summed E-state index contributed by atoms with van der Waals surface area (Å²) in [5.41, 5.74) is 0.976. The number of fused-ring (bicyclic) bond motifs is 1. The predicted octanol–water partition coefficient (Wildman–Crippen LogP) is 1.40. The van der Waals surface area contributed by atoms with Crippen LogP contribution in [0.4, 0.5) is 0 Å². The number of ether oxygens (including phenoxy) is 4. The Hall–Kier alpha value is -1.28. The molecule has 6 heteroatoms. The van der Waals surface area contributed by atoms with E-state index in [1.807, 2.05) is 30.3 Å². The summed E-state index contributed by atoms with van der Waals surface area (Å²) in [6.07, 6.45) is -3.19. The van der Waals surface area contributed by atoms with Gasteiger partial charge in [-0.3, -0.25) is 0 Å². The van der Waals surface area contributed by atoms with Gasteiger partial charge in [0.1, 0.15) is 36.6 Å². The van der Waals surface area contributed by atoms with Crippen LogP contribution in [0.15, 0.2) is 43.0 Å². The molecule has 2 aliphatic rings. The lowest BCUT2D eigenvalue weighted by Gasteiger charge is -2.42. The SMILES string of the molecule is C=CCO[C@@H]1[C@@H](O)[C@H](O)[C@@H](OCc2ccccc2)[C@@H]2OC(C)(C)O[C@@H]21. The Labute approximate surface area is 148 Å². The molecular formula is C19H26O6. The molecule has 1 aromatic carbocycles. The fraction of sp³-hybridized carbons (Fsp3) is 0.579. The molecule has 1 heterocycles. The molecule has 0 amide bonds. The number of hydrogen-bond donors (Lipinski definition) is 2. The van der Waals surface area contributed by atoms with E-state index in [0.29, 0.717) is 6.61 Å². The van der Waals surface area contributed by atoms with Crippen LogP contribution in [0.5, 0.6) is 0 Å². The second-order valence-electron chi connectivity index (χ2n) is 6.89. The van der Waals surface area contributed by atoms with Crippen LogP contribution in [0.25, 0.3) is 0 Å². The Kier molecular flexibility index (Phi) is 5.58. The third-order valence-electron chi connectivity index (χ3n) is 4.53. The standard InChI is InChI=1S/C19H26O6/c1-4-10-22-15-13(20)14(21)16(18-17(15)24-19(2,3)25-18)23-11-12-8-6-5-7-9-12/h4-9,13-18,20-21H,1,10-11H2,2-3H3/t13-,14-,15+,16+,17+,18-/m0/s1. The molecule has 1 saturated heterocycles. The quantitative estimate of drug-likeness (QED) is 0.755. The van der Waals surface area contributed by atoms with E-state index in [0.717, 1.165) is 5.56 Å². The van der Waals surface area contributed by atoms with Crippen molar-refractivity contribution in [2.75, 3.05) is 6.61 Å². The zero-order chi connectivity index (χ0) is 18.0. The van der Waals surface area contributed by atoms with E-state index in [1.165, 1.54) is 0 Å². The van der Waals surface area contributed by atoms with Gasteiger partial charge in [0, 0.05) is 0 Å². The maximum atomic E-state index is 10.6. The highest BCUT2D eigenvalue weighted by Crippen LogP contribution is 2.40. The number of benzene rings is 1. The molecule has 0 aromatic heterocycles. The second kappa shape index (κ2) is 7.53. The minimum atomic E-state index is -1.14. The van der Waals surface area contributed by atoms with Gasteiger partial charge in [0.25, 0.3) is 0 Å². The van der Waals surface area contributed by atoms with Crippen molar-refractivity contribution >= 4 is 0 Å². The summed E-state index contributed by atoms with van der Waals surface area (Å²) in [5.74, 6) is -0.844. The van der Waals surface area contributed by atoms with Gasteiger partial charge in [-0.25, -0.2) is 0 Å². The molecule has 2 fully saturated rings. The molecule has 0 unspecified atom stereocenters. The highest BCUT2D eigenvalue weighted by Gasteiger charge is 2.58. The molecule has 2 N–H and O–H groups in total. The smallest absolute Gasteiger partial charge is 0.164 e. The van der Waals surface area contributed by atoms with Gasteiger partial charge < -0.3 is 29.2 Å². The average Bonchev–Trinajstić information content (AvgIpc) is 2.91. The van der Waals surface area contributed by atoms with Gasteiger partial charge >= 0.3 is 0 Å². The summed E-state index contributed by atoms with van der Waals surface area (Å²) in [5, 5.41) is 21.1. The van der Waals surface area contributed by atoms with Crippen molar-refractivity contribution in [2.24, 2.45) is 0 Å². The van der Waals surface area contributed by atoms with E-state index < -0.39 is 42.4 Å². The largest absolute Gasteiger partial charge is 0.387 e. The van der Waals surface area contributed by atoms with Gasteiger partial charge in [0.15, 0.2) is 5.79 Å². The molecule has 6 nitrogen and oxygen atoms in total. The van der Waals surface area contributed by atoms with E-state index in [-0.39, 0.29) is 6.61 Å². The van der Waals surface area contributed by atoms with Crippen LogP contribution >= 0.6 is 0 Å². The number of rotatable bonds is 6. The van der Waals surface area contributed by atoms with Crippen molar-refractivity contribution in [2.45, 2.75) is 62.9 Å². The van der Waals surface area contributed by atoms with Crippen LogP contribution in [-0.4, -0.2) is 59.2 Å². The molecule has 0 bridgehead atoms. The van der Waals surface area contributed by atoms with E-state index in [4.69, 9.17) is 18.9 Å². The third-order valence-corrected chi connectivity index (χ3v) is 4.53. The fourth-order valence-electron chi connectivity index (χ4n) is 3.44. The van der Waals surface area contributed by atoms with Crippen molar-refractivity contribution in [3.05, 3.63) is 48.6 Å². The van der Waals surface area contributed by atoms with E-state index in [1.54, 1.807) is 19.9 Å². The lowest BCUT2D eigenvalue weighted by atomic mass is 9.84. The number of hydrogen-bond acceptors (Lipinski definition) is 6. The van der Waals surface area contributed by atoms with E-state index >= 15 is 0 Å². The summed E-state index contributed by atoms with van der Waals surface area (Å²) in [6, 6.07) is 9.65. The number of aliphatic hydroxyl groups excluding tert-OH is 2. The van der Waals surface area contributed by atoms with E-state index in [9.17, 15) is 10.2 Å². The normalized spacial score (nSPS) is 36.8. The maximum absolute atomic E-state index is 10.6. The summed E-state index contributed by atoms with van der Waals surface area (Å²) >= 11 is 0. The molecule has 1 aliphatic carbocycles. The van der Waals surface area contributed by atoms with Crippen LogP contribution in [0, 0.1) is 0 Å². The molecule has 25 heavy (non-hydrogen) atoms. The third kappa shape index (κ3) is 3.95. The summed E-state index contributed by atoms with van der Waals surface area (Å²) in [6.45, 7) is 7.76. The fourth-order valence-corrected chi connectivity index (χ4v) is 3.44. The molecule has 3 rings (SSSR count). The molecule has 6 atom stereocenters. The minimum absolute atomic E-state index is 0.247. The second-order valence-corrected chi connectivity index (χ2v) is 6.89. The highest BCUT2D eigenvalue weighted by atomic mass is 16.8. The van der Waals surface area contributed by atoms with Crippen molar-refractivity contribution in [1.29, 1.82) is 0 Å². The van der Waals surface area contributed by atoms with Gasteiger partial charge in [-0.05, 0) is 19.4 Å². The Bertz CT molecular complexity index is 575. The zero-order valence-corrected chi connectivity index (χ0v) is 14.6. The molecular weight excluding hydrogens is 324 g/mol. The molecule has 138 valence electrons. The molecule has 0 radical (unpaired) electrons. The lowest BCUT2D eigenvalue weighted by molar-refractivity contribution is -0.219. The van der Waals surface area contributed by atoms with Crippen LogP contribution in [0.3, 0.4) is 0 Å². The average molecular weight is 350 g/mol. The Balaban J connectivity index is 1.77. The van der Waals surface area contributed by atoms with Crippen LogP contribution in [0.2, 0.25) is 0 Å². The van der Waals surface area contributed by atoms with Gasteiger partial charge in [-0.2, -0.15) is 0 Å². The predicted molar refractivity (Wildman–Crippen MR) is 90.8 cm³/mol. The van der Waals surface area contributed by atoms with Crippen molar-refractivity contribution in [1.82, 2.24) is 0 Å². The molecule has 1 aliphatic heterocycles.